The van der Waals surface area contributed by atoms with Crippen LogP contribution >= 0.6 is 0 Å². The van der Waals surface area contributed by atoms with Crippen LogP contribution in [-0.4, -0.2) is 22.4 Å². The number of ether oxygens (including phenoxy) is 2. The lowest BCUT2D eigenvalue weighted by Gasteiger charge is -2.14. The molecule has 1 N–H and O–H groups in total. The number of carboxylic acid groups (broad SMARTS) is 1. The third-order valence-electron chi connectivity index (χ3n) is 4.14. The predicted molar refractivity (Wildman–Crippen MR) is 99.4 cm³/mol. The Morgan fingerprint density at radius 3 is 2.31 bits per heavy atom. The molecule has 8 heteroatoms. The minimum Gasteiger partial charge on any atom is -0.478 e. The SMILES string of the molecule is O=C(O)c1cc(Oc2ccccc2OC(F)(F)F)cc2nc3ccccc3cc12. The molecule has 29 heavy (non-hydrogen) atoms. The van der Waals surface area contributed by atoms with E-state index in [4.69, 9.17) is 4.74 Å². The van der Waals surface area contributed by atoms with Crippen molar-refractivity contribution in [2.45, 2.75) is 6.36 Å². The van der Waals surface area contributed by atoms with E-state index in [-0.39, 0.29) is 17.1 Å². The summed E-state index contributed by atoms with van der Waals surface area (Å²) in [6.45, 7) is 0. The van der Waals surface area contributed by atoms with Crippen molar-refractivity contribution in [3.05, 3.63) is 72.3 Å². The molecule has 3 aromatic carbocycles. The maximum atomic E-state index is 12.6. The van der Waals surface area contributed by atoms with E-state index in [1.807, 2.05) is 12.1 Å². The van der Waals surface area contributed by atoms with Crippen molar-refractivity contribution in [2.24, 2.45) is 0 Å². The van der Waals surface area contributed by atoms with E-state index >= 15 is 0 Å². The van der Waals surface area contributed by atoms with Crippen molar-refractivity contribution in [1.82, 2.24) is 4.98 Å². The van der Waals surface area contributed by atoms with Crippen LogP contribution in [0.3, 0.4) is 0 Å². The largest absolute Gasteiger partial charge is 0.573 e. The Morgan fingerprint density at radius 2 is 1.59 bits per heavy atom. The molecular weight excluding hydrogens is 387 g/mol. The Kier molecular flexibility index (Phi) is 4.46. The molecular formula is C21H12F3NO4. The van der Waals surface area contributed by atoms with E-state index in [1.54, 1.807) is 18.2 Å². The van der Waals surface area contributed by atoms with E-state index < -0.39 is 18.1 Å². The summed E-state index contributed by atoms with van der Waals surface area (Å²) in [7, 11) is 0. The molecule has 4 aromatic rings. The third-order valence-corrected chi connectivity index (χ3v) is 4.14. The minimum atomic E-state index is -4.89. The fraction of sp³-hybridized carbons (Fsp3) is 0.0476. The quantitative estimate of drug-likeness (QED) is 0.441. The van der Waals surface area contributed by atoms with Gasteiger partial charge in [0.05, 0.1) is 16.6 Å². The number of fused-ring (bicyclic) bond motifs is 2. The zero-order valence-electron chi connectivity index (χ0n) is 14.6. The zero-order chi connectivity index (χ0) is 20.6. The van der Waals surface area contributed by atoms with Crippen molar-refractivity contribution >= 4 is 27.8 Å². The molecule has 0 aliphatic heterocycles. The van der Waals surface area contributed by atoms with Crippen molar-refractivity contribution in [3.63, 3.8) is 0 Å². The van der Waals surface area contributed by atoms with Crippen LogP contribution in [0.4, 0.5) is 13.2 Å². The average Bonchev–Trinajstić information content (AvgIpc) is 2.66. The molecule has 146 valence electrons. The van der Waals surface area contributed by atoms with Crippen molar-refractivity contribution in [3.8, 4) is 17.2 Å². The molecule has 0 amide bonds. The van der Waals surface area contributed by atoms with Gasteiger partial charge in [0.15, 0.2) is 11.5 Å². The number of aromatic carboxylic acids is 1. The lowest BCUT2D eigenvalue weighted by atomic mass is 10.1. The summed E-state index contributed by atoms with van der Waals surface area (Å²) in [6, 6.07) is 16.8. The predicted octanol–water partition coefficient (Wildman–Crippen LogP) is 5.78. The second-order valence-corrected chi connectivity index (χ2v) is 6.12. The molecule has 0 spiro atoms. The van der Waals surface area contributed by atoms with E-state index in [0.717, 1.165) is 11.5 Å². The summed E-state index contributed by atoms with van der Waals surface area (Å²) in [6.07, 6.45) is -4.89. The molecule has 0 unspecified atom stereocenters. The minimum absolute atomic E-state index is 0.0240. The monoisotopic (exact) mass is 399 g/mol. The smallest absolute Gasteiger partial charge is 0.478 e. The molecule has 4 rings (SSSR count). The molecule has 1 aromatic heterocycles. The van der Waals surface area contributed by atoms with Gasteiger partial charge in [-0.05, 0) is 30.3 Å². The number of nitrogens with zero attached hydrogens (tertiary/aromatic N) is 1. The summed E-state index contributed by atoms with van der Waals surface area (Å²) in [5.41, 5.74) is 0.909. The molecule has 0 fully saturated rings. The molecule has 0 saturated heterocycles. The van der Waals surface area contributed by atoms with Crippen LogP contribution in [0.2, 0.25) is 0 Å². The summed E-state index contributed by atoms with van der Waals surface area (Å²) in [5.74, 6) is -1.93. The van der Waals surface area contributed by atoms with E-state index in [9.17, 15) is 23.1 Å². The highest BCUT2D eigenvalue weighted by Gasteiger charge is 2.32. The van der Waals surface area contributed by atoms with Gasteiger partial charge in [-0.15, -0.1) is 13.2 Å². The van der Waals surface area contributed by atoms with E-state index in [2.05, 4.69) is 9.72 Å². The number of rotatable bonds is 4. The third kappa shape index (κ3) is 3.91. The normalized spacial score (nSPS) is 11.6. The van der Waals surface area contributed by atoms with Gasteiger partial charge in [-0.25, -0.2) is 9.78 Å². The Hall–Kier alpha value is -3.81. The number of hydrogen-bond acceptors (Lipinski definition) is 4. The van der Waals surface area contributed by atoms with Crippen LogP contribution < -0.4 is 9.47 Å². The highest BCUT2D eigenvalue weighted by atomic mass is 19.4. The standard InChI is InChI=1S/C21H12F3NO4/c22-21(23,24)29-19-8-4-3-7-18(19)28-13-10-15(20(26)27)14-9-12-5-1-2-6-16(12)25-17(14)11-13/h1-11H,(H,26,27). The van der Waals surface area contributed by atoms with Crippen molar-refractivity contribution in [1.29, 1.82) is 0 Å². The maximum absolute atomic E-state index is 12.6. The fourth-order valence-electron chi connectivity index (χ4n) is 2.96. The van der Waals surface area contributed by atoms with Gasteiger partial charge in [-0.1, -0.05) is 30.3 Å². The van der Waals surface area contributed by atoms with E-state index in [0.29, 0.717) is 16.4 Å². The Labute approximate surface area is 161 Å². The number of benzene rings is 3. The number of hydrogen-bond donors (Lipinski definition) is 1. The van der Waals surface area contributed by atoms with Gasteiger partial charge in [0.2, 0.25) is 0 Å². The highest BCUT2D eigenvalue weighted by molar-refractivity contribution is 6.06. The van der Waals surface area contributed by atoms with Gasteiger partial charge in [0, 0.05) is 16.8 Å². The number of halogens is 3. The molecule has 0 atom stereocenters. The molecule has 5 nitrogen and oxygen atoms in total. The second-order valence-electron chi connectivity index (χ2n) is 6.12. The van der Waals surface area contributed by atoms with Gasteiger partial charge in [-0.2, -0.15) is 0 Å². The van der Waals surface area contributed by atoms with E-state index in [1.165, 1.54) is 30.3 Å². The summed E-state index contributed by atoms with van der Waals surface area (Å²) in [5, 5.41) is 10.8. The lowest BCUT2D eigenvalue weighted by Crippen LogP contribution is -2.17. The van der Waals surface area contributed by atoms with Crippen LogP contribution in [0.25, 0.3) is 21.8 Å². The van der Waals surface area contributed by atoms with Crippen LogP contribution in [0.5, 0.6) is 17.2 Å². The highest BCUT2D eigenvalue weighted by Crippen LogP contribution is 2.36. The first-order valence-electron chi connectivity index (χ1n) is 8.40. The Bertz CT molecular complexity index is 1240. The first-order valence-corrected chi connectivity index (χ1v) is 8.40. The van der Waals surface area contributed by atoms with Crippen LogP contribution in [0.15, 0.2) is 66.7 Å². The van der Waals surface area contributed by atoms with Crippen LogP contribution in [0.1, 0.15) is 10.4 Å². The number of alkyl halides is 3. The van der Waals surface area contributed by atoms with Crippen LogP contribution in [-0.2, 0) is 0 Å². The summed E-state index contributed by atoms with van der Waals surface area (Å²) in [4.78, 5) is 16.2. The molecule has 0 saturated carbocycles. The molecule has 1 heterocycles. The number of aromatic nitrogens is 1. The average molecular weight is 399 g/mol. The number of carbonyl (C=O) groups is 1. The zero-order valence-corrected chi connectivity index (χ0v) is 14.6. The lowest BCUT2D eigenvalue weighted by molar-refractivity contribution is -0.275. The maximum Gasteiger partial charge on any atom is 0.573 e. The number of pyridine rings is 1. The van der Waals surface area contributed by atoms with Gasteiger partial charge in [0.1, 0.15) is 5.75 Å². The summed E-state index contributed by atoms with van der Waals surface area (Å²) >= 11 is 0. The Morgan fingerprint density at radius 1 is 0.897 bits per heavy atom. The molecule has 0 aliphatic carbocycles. The van der Waals surface area contributed by atoms with Gasteiger partial charge in [0.25, 0.3) is 0 Å². The second kappa shape index (κ2) is 6.97. The summed E-state index contributed by atoms with van der Waals surface area (Å²) < 4.78 is 47.4. The topological polar surface area (TPSA) is 68.7 Å². The Balaban J connectivity index is 1.83. The molecule has 0 radical (unpaired) electrons. The van der Waals surface area contributed by atoms with Crippen LogP contribution in [0, 0.1) is 0 Å². The number of para-hydroxylation sites is 3. The molecule has 0 aliphatic rings. The fourth-order valence-corrected chi connectivity index (χ4v) is 2.96. The molecule has 0 bridgehead atoms. The van der Waals surface area contributed by atoms with Gasteiger partial charge < -0.3 is 14.6 Å². The first-order chi connectivity index (χ1) is 13.8. The van der Waals surface area contributed by atoms with Gasteiger partial charge in [-0.3, -0.25) is 0 Å². The first kappa shape index (κ1) is 18.5. The van der Waals surface area contributed by atoms with Crippen molar-refractivity contribution < 1.29 is 32.5 Å². The number of carboxylic acids is 1. The van der Waals surface area contributed by atoms with Crippen molar-refractivity contribution in [2.75, 3.05) is 0 Å². The van der Waals surface area contributed by atoms with Gasteiger partial charge >= 0.3 is 12.3 Å².